The lowest BCUT2D eigenvalue weighted by molar-refractivity contribution is -0.130. The number of benzene rings is 2. The summed E-state index contributed by atoms with van der Waals surface area (Å²) in [5, 5.41) is 5.05. The van der Waals surface area contributed by atoms with Crippen LogP contribution in [0, 0.1) is 5.82 Å². The summed E-state index contributed by atoms with van der Waals surface area (Å²) in [4.78, 5) is 36.1. The van der Waals surface area contributed by atoms with Crippen molar-refractivity contribution < 1.29 is 23.5 Å². The van der Waals surface area contributed by atoms with Gasteiger partial charge in [-0.3, -0.25) is 14.4 Å². The highest BCUT2D eigenvalue weighted by Crippen LogP contribution is 2.14. The number of hydrogen-bond acceptors (Lipinski definition) is 4. The first-order chi connectivity index (χ1) is 13.8. The number of carbonyl (C=O) groups is 3. The quantitative estimate of drug-likeness (QED) is 0.584. The molecule has 0 bridgehead atoms. The van der Waals surface area contributed by atoms with Crippen LogP contribution in [-0.2, 0) is 27.2 Å². The van der Waals surface area contributed by atoms with E-state index in [2.05, 4.69) is 10.6 Å². The topological polar surface area (TPSA) is 111 Å². The van der Waals surface area contributed by atoms with Crippen LogP contribution in [0.4, 0.5) is 4.39 Å². The number of nitrogens with one attached hydrogen (secondary N) is 2. The van der Waals surface area contributed by atoms with Crippen molar-refractivity contribution >= 4 is 17.7 Å². The van der Waals surface area contributed by atoms with Crippen LogP contribution < -0.4 is 21.1 Å². The molecule has 2 atom stereocenters. The Balaban J connectivity index is 2.16. The fraction of sp³-hybridized carbons (Fsp3) is 0.286. The van der Waals surface area contributed by atoms with Crippen molar-refractivity contribution in [2.24, 2.45) is 5.73 Å². The first kappa shape index (κ1) is 21.9. The summed E-state index contributed by atoms with van der Waals surface area (Å²) in [5.74, 6) is -1.69. The van der Waals surface area contributed by atoms with Gasteiger partial charge in [0.1, 0.15) is 23.7 Å². The summed E-state index contributed by atoms with van der Waals surface area (Å²) in [7, 11) is 1.52. The van der Waals surface area contributed by atoms with Gasteiger partial charge in [-0.15, -0.1) is 0 Å². The van der Waals surface area contributed by atoms with E-state index in [-0.39, 0.29) is 18.4 Å². The van der Waals surface area contributed by atoms with Crippen LogP contribution in [0.2, 0.25) is 0 Å². The average Bonchev–Trinajstić information content (AvgIpc) is 2.68. The summed E-state index contributed by atoms with van der Waals surface area (Å²) in [5.41, 5.74) is 6.45. The maximum Gasteiger partial charge on any atom is 0.243 e. The molecular formula is C21H24FN3O4. The fourth-order valence-corrected chi connectivity index (χ4v) is 2.87. The minimum Gasteiger partial charge on any atom is -0.497 e. The van der Waals surface area contributed by atoms with E-state index >= 15 is 0 Å². The van der Waals surface area contributed by atoms with Gasteiger partial charge >= 0.3 is 0 Å². The molecular weight excluding hydrogens is 377 g/mol. The Morgan fingerprint density at radius 2 is 1.76 bits per heavy atom. The Kier molecular flexibility index (Phi) is 7.70. The Bertz CT molecular complexity index is 888. The highest BCUT2D eigenvalue weighted by molar-refractivity contribution is 5.91. The van der Waals surface area contributed by atoms with Gasteiger partial charge in [0.25, 0.3) is 0 Å². The smallest absolute Gasteiger partial charge is 0.243 e. The van der Waals surface area contributed by atoms with E-state index < -0.39 is 35.6 Å². The molecule has 0 aliphatic rings. The van der Waals surface area contributed by atoms with Gasteiger partial charge in [0.05, 0.1) is 7.11 Å². The van der Waals surface area contributed by atoms with Gasteiger partial charge in [-0.1, -0.05) is 30.3 Å². The summed E-state index contributed by atoms with van der Waals surface area (Å²) < 4.78 is 19.1. The Morgan fingerprint density at radius 3 is 2.38 bits per heavy atom. The lowest BCUT2D eigenvalue weighted by Crippen LogP contribution is -2.54. The lowest BCUT2D eigenvalue weighted by Gasteiger charge is -2.22. The number of amides is 3. The van der Waals surface area contributed by atoms with E-state index in [0.29, 0.717) is 5.75 Å². The van der Waals surface area contributed by atoms with Crippen LogP contribution in [-0.4, -0.2) is 36.9 Å². The molecule has 8 heteroatoms. The molecule has 0 saturated carbocycles. The van der Waals surface area contributed by atoms with E-state index in [1.165, 1.54) is 32.2 Å². The maximum atomic E-state index is 14.0. The Hall–Kier alpha value is -3.42. The lowest BCUT2D eigenvalue weighted by atomic mass is 10.0. The van der Waals surface area contributed by atoms with Crippen molar-refractivity contribution in [2.75, 3.05) is 7.11 Å². The largest absolute Gasteiger partial charge is 0.497 e. The van der Waals surface area contributed by atoms with E-state index in [1.807, 2.05) is 0 Å². The number of hydrogen-bond donors (Lipinski definition) is 3. The first-order valence-corrected chi connectivity index (χ1v) is 9.03. The molecule has 0 saturated heterocycles. The number of ether oxygens (including phenoxy) is 1. The number of primary amides is 1. The monoisotopic (exact) mass is 401 g/mol. The third kappa shape index (κ3) is 6.60. The highest BCUT2D eigenvalue weighted by Gasteiger charge is 2.26. The van der Waals surface area contributed by atoms with Crippen LogP contribution in [0.25, 0.3) is 0 Å². The molecule has 0 fully saturated rings. The first-order valence-electron chi connectivity index (χ1n) is 9.03. The van der Waals surface area contributed by atoms with Crippen LogP contribution in [0.5, 0.6) is 5.75 Å². The van der Waals surface area contributed by atoms with E-state index in [4.69, 9.17) is 10.5 Å². The van der Waals surface area contributed by atoms with Gasteiger partial charge in [0.15, 0.2) is 0 Å². The minimum atomic E-state index is -1.06. The molecule has 0 heterocycles. The van der Waals surface area contributed by atoms with Crippen molar-refractivity contribution in [2.45, 2.75) is 31.8 Å². The zero-order valence-electron chi connectivity index (χ0n) is 16.3. The summed E-state index contributed by atoms with van der Waals surface area (Å²) in [6, 6.07) is 10.9. The highest BCUT2D eigenvalue weighted by atomic mass is 19.1. The van der Waals surface area contributed by atoms with Gasteiger partial charge in [0, 0.05) is 19.8 Å². The molecule has 2 aromatic rings. The van der Waals surface area contributed by atoms with Gasteiger partial charge in [-0.05, 0) is 29.3 Å². The molecule has 2 aromatic carbocycles. The zero-order chi connectivity index (χ0) is 21.4. The van der Waals surface area contributed by atoms with Crippen LogP contribution in [0.1, 0.15) is 18.1 Å². The summed E-state index contributed by atoms with van der Waals surface area (Å²) in [6.07, 6.45) is 0.0769. The van der Waals surface area contributed by atoms with Crippen LogP contribution in [0.3, 0.4) is 0 Å². The second-order valence-corrected chi connectivity index (χ2v) is 6.57. The molecule has 7 nitrogen and oxygen atoms in total. The van der Waals surface area contributed by atoms with Crippen molar-refractivity contribution in [1.29, 1.82) is 0 Å². The Labute approximate surface area is 168 Å². The second kappa shape index (κ2) is 10.2. The molecule has 0 aliphatic heterocycles. The zero-order valence-corrected chi connectivity index (χ0v) is 16.3. The summed E-state index contributed by atoms with van der Waals surface area (Å²) in [6.45, 7) is 1.25. The predicted molar refractivity (Wildman–Crippen MR) is 106 cm³/mol. The number of carbonyl (C=O) groups excluding carboxylic acids is 3. The minimum absolute atomic E-state index is 0.0667. The van der Waals surface area contributed by atoms with Gasteiger partial charge in [-0.2, -0.15) is 0 Å². The molecule has 3 amide bonds. The number of halogens is 1. The maximum absolute atomic E-state index is 14.0. The molecule has 0 spiro atoms. The standard InChI is InChI=1S/C21H24FN3O4/c1-13(26)24-19(12-15-7-3-4-9-17(15)22)21(28)25-18(20(23)27)11-14-6-5-8-16(10-14)29-2/h3-10,18-19H,11-12H2,1-2H3,(H2,23,27)(H,24,26)(H,25,28)/t18-,19-/m0/s1. The third-order valence-electron chi connectivity index (χ3n) is 4.31. The van der Waals surface area contributed by atoms with Gasteiger partial charge in [0.2, 0.25) is 17.7 Å². The van der Waals surface area contributed by atoms with Crippen molar-refractivity contribution in [3.63, 3.8) is 0 Å². The van der Waals surface area contributed by atoms with Crippen LogP contribution >= 0.6 is 0 Å². The number of nitrogens with two attached hydrogens (primary N) is 1. The molecule has 0 aromatic heterocycles. The molecule has 29 heavy (non-hydrogen) atoms. The third-order valence-corrected chi connectivity index (χ3v) is 4.31. The number of methoxy groups -OCH3 is 1. The Morgan fingerprint density at radius 1 is 1.03 bits per heavy atom. The average molecular weight is 401 g/mol. The SMILES string of the molecule is COc1cccc(C[C@H](NC(=O)[C@H](Cc2ccccc2F)NC(C)=O)C(N)=O)c1. The molecule has 0 radical (unpaired) electrons. The van der Waals surface area contributed by atoms with E-state index in [0.717, 1.165) is 5.56 Å². The molecule has 0 unspecified atom stereocenters. The molecule has 4 N–H and O–H groups in total. The van der Waals surface area contributed by atoms with Crippen LogP contribution in [0.15, 0.2) is 48.5 Å². The van der Waals surface area contributed by atoms with E-state index in [9.17, 15) is 18.8 Å². The fourth-order valence-electron chi connectivity index (χ4n) is 2.87. The number of rotatable bonds is 9. The second-order valence-electron chi connectivity index (χ2n) is 6.57. The normalized spacial score (nSPS) is 12.5. The predicted octanol–water partition coefficient (Wildman–Crippen LogP) is 1.09. The van der Waals surface area contributed by atoms with Crippen molar-refractivity contribution in [3.8, 4) is 5.75 Å². The summed E-state index contributed by atoms with van der Waals surface area (Å²) >= 11 is 0. The molecule has 154 valence electrons. The van der Waals surface area contributed by atoms with E-state index in [1.54, 1.807) is 30.3 Å². The molecule has 2 rings (SSSR count). The van der Waals surface area contributed by atoms with Gasteiger partial charge in [-0.25, -0.2) is 4.39 Å². The van der Waals surface area contributed by atoms with Crippen molar-refractivity contribution in [3.05, 3.63) is 65.5 Å². The molecule has 0 aliphatic carbocycles. The van der Waals surface area contributed by atoms with Crippen molar-refractivity contribution in [1.82, 2.24) is 10.6 Å². The van der Waals surface area contributed by atoms with Gasteiger partial charge < -0.3 is 21.1 Å².